The molecule has 0 unspecified atom stereocenters. The molecule has 1 fully saturated rings. The van der Waals surface area contributed by atoms with E-state index >= 15 is 0 Å². The Morgan fingerprint density at radius 2 is 1.22 bits per heavy atom. The van der Waals surface area contributed by atoms with Crippen LogP contribution >= 0.6 is 0 Å². The molecular formula is C12H22O6. The number of hydrogen-bond donors (Lipinski definition) is 4. The SMILES string of the molecule is O=C(O)CCCCC(=O)O.OC1(O)CCCCC1. The minimum Gasteiger partial charge on any atom is -0.481 e. The predicted octanol–water partition coefficient (Wildman–Crippen LogP) is 1.35. The van der Waals surface area contributed by atoms with Crippen LogP contribution in [0.15, 0.2) is 0 Å². The van der Waals surface area contributed by atoms with Gasteiger partial charge in [0.25, 0.3) is 0 Å². The highest BCUT2D eigenvalue weighted by Crippen LogP contribution is 2.24. The highest BCUT2D eigenvalue weighted by atomic mass is 16.5. The number of carboxylic acids is 2. The van der Waals surface area contributed by atoms with Crippen molar-refractivity contribution in [3.63, 3.8) is 0 Å². The monoisotopic (exact) mass is 262 g/mol. The smallest absolute Gasteiger partial charge is 0.303 e. The molecule has 0 aromatic rings. The van der Waals surface area contributed by atoms with Crippen molar-refractivity contribution in [2.24, 2.45) is 0 Å². The zero-order valence-electron chi connectivity index (χ0n) is 10.5. The molecule has 0 heterocycles. The van der Waals surface area contributed by atoms with E-state index in [1.807, 2.05) is 0 Å². The van der Waals surface area contributed by atoms with Gasteiger partial charge >= 0.3 is 11.9 Å². The van der Waals surface area contributed by atoms with Crippen molar-refractivity contribution >= 4 is 11.9 Å². The fourth-order valence-electron chi connectivity index (χ4n) is 1.67. The maximum atomic E-state index is 9.90. The summed E-state index contributed by atoms with van der Waals surface area (Å²) in [6, 6.07) is 0. The number of aliphatic carboxylic acids is 2. The highest BCUT2D eigenvalue weighted by Gasteiger charge is 2.24. The molecule has 0 aromatic heterocycles. The molecule has 4 N–H and O–H groups in total. The van der Waals surface area contributed by atoms with Gasteiger partial charge in [-0.3, -0.25) is 9.59 Å². The number of aliphatic hydroxyl groups is 2. The highest BCUT2D eigenvalue weighted by molar-refractivity contribution is 5.67. The Bertz CT molecular complexity index is 237. The molecule has 6 heteroatoms. The van der Waals surface area contributed by atoms with Crippen molar-refractivity contribution < 1.29 is 30.0 Å². The number of hydrogen-bond acceptors (Lipinski definition) is 4. The summed E-state index contributed by atoms with van der Waals surface area (Å²) in [4.78, 5) is 19.8. The summed E-state index contributed by atoms with van der Waals surface area (Å²) in [5.74, 6) is -3.06. The van der Waals surface area contributed by atoms with Crippen LogP contribution in [0.2, 0.25) is 0 Å². The number of rotatable bonds is 5. The summed E-state index contributed by atoms with van der Waals surface area (Å²) in [7, 11) is 0. The summed E-state index contributed by atoms with van der Waals surface area (Å²) in [5.41, 5.74) is 0. The standard InChI is InChI=1S/C6H10O4.C6H12O2/c7-5(8)3-1-2-4-6(9)10;7-6(8)4-2-1-3-5-6/h1-4H2,(H,7,8)(H,9,10);7-8H,1-5H2. The third-order valence-electron chi connectivity index (χ3n) is 2.69. The van der Waals surface area contributed by atoms with Crippen molar-refractivity contribution in [2.45, 2.75) is 63.6 Å². The lowest BCUT2D eigenvalue weighted by Crippen LogP contribution is -2.30. The van der Waals surface area contributed by atoms with E-state index in [1.165, 1.54) is 0 Å². The first-order chi connectivity index (χ1) is 8.33. The van der Waals surface area contributed by atoms with Gasteiger partial charge in [-0.2, -0.15) is 0 Å². The molecule has 0 atom stereocenters. The molecule has 0 radical (unpaired) electrons. The second-order valence-corrected chi connectivity index (χ2v) is 4.54. The molecule has 1 aliphatic rings. The van der Waals surface area contributed by atoms with Crippen molar-refractivity contribution in [2.75, 3.05) is 0 Å². The second kappa shape index (κ2) is 8.88. The number of carbonyl (C=O) groups is 2. The Morgan fingerprint density at radius 1 is 0.833 bits per heavy atom. The van der Waals surface area contributed by atoms with Crippen LogP contribution in [-0.4, -0.2) is 38.2 Å². The molecule has 1 rings (SSSR count). The molecule has 0 aromatic carbocycles. The maximum absolute atomic E-state index is 9.90. The van der Waals surface area contributed by atoms with Gasteiger partial charge < -0.3 is 20.4 Å². The number of unbranched alkanes of at least 4 members (excludes halogenated alkanes) is 1. The van der Waals surface area contributed by atoms with E-state index in [1.54, 1.807) is 0 Å². The van der Waals surface area contributed by atoms with Crippen molar-refractivity contribution in [1.82, 2.24) is 0 Å². The molecule has 1 aliphatic carbocycles. The third-order valence-corrected chi connectivity index (χ3v) is 2.69. The van der Waals surface area contributed by atoms with Crippen LogP contribution in [0.5, 0.6) is 0 Å². The molecule has 0 aliphatic heterocycles. The Hall–Kier alpha value is -1.14. The fourth-order valence-corrected chi connectivity index (χ4v) is 1.67. The van der Waals surface area contributed by atoms with E-state index in [0.717, 1.165) is 19.3 Å². The van der Waals surface area contributed by atoms with Crippen molar-refractivity contribution in [3.05, 3.63) is 0 Å². The van der Waals surface area contributed by atoms with Gasteiger partial charge in [0, 0.05) is 25.7 Å². The molecule has 1 saturated carbocycles. The molecule has 106 valence electrons. The lowest BCUT2D eigenvalue weighted by Gasteiger charge is -2.25. The van der Waals surface area contributed by atoms with Gasteiger partial charge in [-0.15, -0.1) is 0 Å². The van der Waals surface area contributed by atoms with Gasteiger partial charge in [-0.1, -0.05) is 6.42 Å². The van der Waals surface area contributed by atoms with Crippen LogP contribution in [0.25, 0.3) is 0 Å². The Kier molecular flexibility index (Phi) is 8.32. The largest absolute Gasteiger partial charge is 0.481 e. The quantitative estimate of drug-likeness (QED) is 0.439. The summed E-state index contributed by atoms with van der Waals surface area (Å²) in [6.45, 7) is 0. The van der Waals surface area contributed by atoms with E-state index in [9.17, 15) is 9.59 Å². The van der Waals surface area contributed by atoms with Crippen LogP contribution in [0, 0.1) is 0 Å². The summed E-state index contributed by atoms with van der Waals surface area (Å²) in [5, 5.41) is 34.1. The zero-order chi connectivity index (χ0) is 14.0. The van der Waals surface area contributed by atoms with E-state index in [2.05, 4.69) is 0 Å². The van der Waals surface area contributed by atoms with Gasteiger partial charge in [-0.25, -0.2) is 0 Å². The molecule has 0 saturated heterocycles. The minimum atomic E-state index is -1.32. The molecular weight excluding hydrogens is 240 g/mol. The first-order valence-electron chi connectivity index (χ1n) is 6.22. The van der Waals surface area contributed by atoms with E-state index < -0.39 is 17.7 Å². The Morgan fingerprint density at radius 3 is 1.44 bits per heavy atom. The molecule has 0 spiro atoms. The Labute approximate surface area is 106 Å². The molecule has 0 bridgehead atoms. The predicted molar refractivity (Wildman–Crippen MR) is 64.0 cm³/mol. The van der Waals surface area contributed by atoms with Crippen LogP contribution < -0.4 is 0 Å². The summed E-state index contributed by atoms with van der Waals surface area (Å²) >= 11 is 0. The zero-order valence-corrected chi connectivity index (χ0v) is 10.5. The molecule has 18 heavy (non-hydrogen) atoms. The lowest BCUT2D eigenvalue weighted by atomic mass is 9.95. The fraction of sp³-hybridized carbons (Fsp3) is 0.833. The van der Waals surface area contributed by atoms with Crippen molar-refractivity contribution in [3.8, 4) is 0 Å². The van der Waals surface area contributed by atoms with Gasteiger partial charge in [0.15, 0.2) is 5.79 Å². The maximum Gasteiger partial charge on any atom is 0.303 e. The first-order valence-corrected chi connectivity index (χ1v) is 6.22. The minimum absolute atomic E-state index is 0.0628. The lowest BCUT2D eigenvalue weighted by molar-refractivity contribution is -0.180. The van der Waals surface area contributed by atoms with Crippen molar-refractivity contribution in [1.29, 1.82) is 0 Å². The normalized spacial score (nSPS) is 17.4. The molecule has 0 amide bonds. The van der Waals surface area contributed by atoms with E-state index in [4.69, 9.17) is 20.4 Å². The Balaban J connectivity index is 0.000000327. The average molecular weight is 262 g/mol. The van der Waals surface area contributed by atoms with Crippen LogP contribution in [-0.2, 0) is 9.59 Å². The number of carboxylic acid groups (broad SMARTS) is 2. The van der Waals surface area contributed by atoms with E-state index in [0.29, 0.717) is 25.7 Å². The first kappa shape index (κ1) is 16.9. The van der Waals surface area contributed by atoms with Gasteiger partial charge in [-0.05, 0) is 25.7 Å². The van der Waals surface area contributed by atoms with E-state index in [-0.39, 0.29) is 12.8 Å². The van der Waals surface area contributed by atoms with Gasteiger partial charge in [0.05, 0.1) is 0 Å². The second-order valence-electron chi connectivity index (χ2n) is 4.54. The van der Waals surface area contributed by atoms with Crippen LogP contribution in [0.4, 0.5) is 0 Å². The van der Waals surface area contributed by atoms with Gasteiger partial charge in [0.2, 0.25) is 0 Å². The summed E-state index contributed by atoms with van der Waals surface area (Å²) < 4.78 is 0. The third kappa shape index (κ3) is 11.3. The topological polar surface area (TPSA) is 115 Å². The van der Waals surface area contributed by atoms with Gasteiger partial charge in [0.1, 0.15) is 0 Å². The molecule has 6 nitrogen and oxygen atoms in total. The van der Waals surface area contributed by atoms with Crippen LogP contribution in [0.1, 0.15) is 57.8 Å². The average Bonchev–Trinajstić information content (AvgIpc) is 2.24. The summed E-state index contributed by atoms with van der Waals surface area (Å²) in [6.07, 6.45) is 5.23. The van der Waals surface area contributed by atoms with Crippen LogP contribution in [0.3, 0.4) is 0 Å².